The van der Waals surface area contributed by atoms with Crippen LogP contribution in [0.25, 0.3) is 0 Å². The second kappa shape index (κ2) is 5.02. The van der Waals surface area contributed by atoms with Crippen LogP contribution in [0.15, 0.2) is 12.1 Å². The average Bonchev–Trinajstić information content (AvgIpc) is 2.39. The third-order valence-corrected chi connectivity index (χ3v) is 3.30. The van der Waals surface area contributed by atoms with Crippen molar-refractivity contribution in [2.45, 2.75) is 12.8 Å². The monoisotopic (exact) mass is 231 g/mol. The Morgan fingerprint density at radius 1 is 1.41 bits per heavy atom. The predicted octanol–water partition coefficient (Wildman–Crippen LogP) is 0.711. The fourth-order valence-corrected chi connectivity index (χ4v) is 2.13. The number of nitriles is 1. The molecule has 0 bridgehead atoms. The lowest BCUT2D eigenvalue weighted by molar-refractivity contribution is 0.413. The van der Waals surface area contributed by atoms with Gasteiger partial charge in [-0.2, -0.15) is 5.26 Å². The summed E-state index contributed by atoms with van der Waals surface area (Å²) in [5, 5.41) is 8.79. The van der Waals surface area contributed by atoms with Crippen molar-refractivity contribution < 1.29 is 0 Å². The normalized spacial score (nSPS) is 16.8. The summed E-state index contributed by atoms with van der Waals surface area (Å²) in [5.74, 6) is 1.80. The zero-order valence-corrected chi connectivity index (χ0v) is 9.76. The Morgan fingerprint density at radius 2 is 2.12 bits per heavy atom. The van der Waals surface area contributed by atoms with Gasteiger partial charge in [-0.15, -0.1) is 0 Å². The molecule has 1 aromatic rings. The lowest BCUT2D eigenvalue weighted by atomic mass is 9.97. The third kappa shape index (κ3) is 2.48. The minimum atomic E-state index is 0.311. The highest BCUT2D eigenvalue weighted by molar-refractivity contribution is 5.54. The summed E-state index contributed by atoms with van der Waals surface area (Å²) in [5.41, 5.74) is 11.8. The third-order valence-electron chi connectivity index (χ3n) is 3.30. The molecule has 0 saturated carbocycles. The van der Waals surface area contributed by atoms with Gasteiger partial charge in [0.2, 0.25) is 0 Å². The summed E-state index contributed by atoms with van der Waals surface area (Å²) >= 11 is 0. The largest absolute Gasteiger partial charge is 0.383 e. The molecule has 4 N–H and O–H groups in total. The Labute approximate surface area is 101 Å². The molecule has 0 spiro atoms. The van der Waals surface area contributed by atoms with E-state index in [0.29, 0.717) is 17.3 Å². The van der Waals surface area contributed by atoms with Crippen LogP contribution in [0.5, 0.6) is 0 Å². The predicted molar refractivity (Wildman–Crippen MR) is 67.4 cm³/mol. The molecule has 17 heavy (non-hydrogen) atoms. The molecule has 90 valence electrons. The molecule has 0 unspecified atom stereocenters. The molecule has 0 radical (unpaired) electrons. The standard InChI is InChI=1S/C12H17N5/c13-7-9-3-5-17(6-4-9)11-2-1-10(8-14)12(15)16-11/h1-2,9H,3-7,13H2,(H2,15,16). The van der Waals surface area contributed by atoms with Gasteiger partial charge in [0.05, 0.1) is 5.56 Å². The van der Waals surface area contributed by atoms with E-state index in [-0.39, 0.29) is 0 Å². The van der Waals surface area contributed by atoms with Crippen molar-refractivity contribution in [1.29, 1.82) is 5.26 Å². The first-order valence-corrected chi connectivity index (χ1v) is 5.86. The number of pyridine rings is 1. The van der Waals surface area contributed by atoms with Crippen LogP contribution in [0.4, 0.5) is 11.6 Å². The molecule has 0 amide bonds. The first kappa shape index (κ1) is 11.7. The highest BCUT2D eigenvalue weighted by atomic mass is 15.2. The number of nitrogens with two attached hydrogens (primary N) is 2. The van der Waals surface area contributed by atoms with Crippen LogP contribution in [0.3, 0.4) is 0 Å². The maximum Gasteiger partial charge on any atom is 0.143 e. The van der Waals surface area contributed by atoms with Crippen LogP contribution in [0, 0.1) is 17.2 Å². The number of aromatic nitrogens is 1. The molecule has 0 atom stereocenters. The number of rotatable bonds is 2. The Hall–Kier alpha value is -1.80. The minimum absolute atomic E-state index is 0.311. The van der Waals surface area contributed by atoms with E-state index < -0.39 is 0 Å². The molecule has 1 aliphatic heterocycles. The maximum atomic E-state index is 8.79. The van der Waals surface area contributed by atoms with E-state index in [4.69, 9.17) is 16.7 Å². The highest BCUT2D eigenvalue weighted by Crippen LogP contribution is 2.22. The molecule has 0 aliphatic carbocycles. The number of nitrogen functional groups attached to an aromatic ring is 1. The maximum absolute atomic E-state index is 8.79. The lowest BCUT2D eigenvalue weighted by Crippen LogP contribution is -2.36. The van der Waals surface area contributed by atoms with E-state index in [1.807, 2.05) is 12.1 Å². The summed E-state index contributed by atoms with van der Waals surface area (Å²) in [6, 6.07) is 5.61. The van der Waals surface area contributed by atoms with E-state index >= 15 is 0 Å². The summed E-state index contributed by atoms with van der Waals surface area (Å²) in [7, 11) is 0. The minimum Gasteiger partial charge on any atom is -0.383 e. The highest BCUT2D eigenvalue weighted by Gasteiger charge is 2.19. The molecule has 2 heterocycles. The van der Waals surface area contributed by atoms with Crippen molar-refractivity contribution in [1.82, 2.24) is 4.98 Å². The Kier molecular flexibility index (Phi) is 3.45. The van der Waals surface area contributed by atoms with Crippen molar-refractivity contribution in [2.75, 3.05) is 30.3 Å². The van der Waals surface area contributed by atoms with E-state index in [9.17, 15) is 0 Å². The van der Waals surface area contributed by atoms with E-state index in [0.717, 1.165) is 38.3 Å². The Balaban J connectivity index is 2.09. The zero-order valence-electron chi connectivity index (χ0n) is 9.76. The van der Waals surface area contributed by atoms with Crippen LogP contribution >= 0.6 is 0 Å². The van der Waals surface area contributed by atoms with Gasteiger partial charge in [0.15, 0.2) is 0 Å². The summed E-state index contributed by atoms with van der Waals surface area (Å²) < 4.78 is 0. The smallest absolute Gasteiger partial charge is 0.143 e. The van der Waals surface area contributed by atoms with Gasteiger partial charge < -0.3 is 16.4 Å². The van der Waals surface area contributed by atoms with Gasteiger partial charge in [0.25, 0.3) is 0 Å². The number of anilines is 2. The number of nitrogens with zero attached hydrogens (tertiary/aromatic N) is 3. The molecular weight excluding hydrogens is 214 g/mol. The van der Waals surface area contributed by atoms with Crippen molar-refractivity contribution in [3.05, 3.63) is 17.7 Å². The van der Waals surface area contributed by atoms with Crippen molar-refractivity contribution in [3.8, 4) is 6.07 Å². The van der Waals surface area contributed by atoms with Gasteiger partial charge >= 0.3 is 0 Å². The summed E-state index contributed by atoms with van der Waals surface area (Å²) in [4.78, 5) is 6.47. The fourth-order valence-electron chi connectivity index (χ4n) is 2.13. The summed E-state index contributed by atoms with van der Waals surface area (Å²) in [6.07, 6.45) is 2.19. The zero-order chi connectivity index (χ0) is 12.3. The van der Waals surface area contributed by atoms with Gasteiger partial charge in [-0.25, -0.2) is 4.98 Å². The second-order valence-electron chi connectivity index (χ2n) is 4.38. The van der Waals surface area contributed by atoms with Gasteiger partial charge in [-0.1, -0.05) is 0 Å². The van der Waals surface area contributed by atoms with Gasteiger partial charge in [0.1, 0.15) is 17.7 Å². The van der Waals surface area contributed by atoms with Crippen molar-refractivity contribution in [3.63, 3.8) is 0 Å². The van der Waals surface area contributed by atoms with Gasteiger partial charge in [-0.3, -0.25) is 0 Å². The van der Waals surface area contributed by atoms with Crippen LogP contribution in [0.2, 0.25) is 0 Å². The van der Waals surface area contributed by atoms with Crippen LogP contribution in [0.1, 0.15) is 18.4 Å². The first-order valence-electron chi connectivity index (χ1n) is 5.86. The van der Waals surface area contributed by atoms with Crippen LogP contribution < -0.4 is 16.4 Å². The van der Waals surface area contributed by atoms with E-state index in [2.05, 4.69) is 9.88 Å². The Bertz CT molecular complexity index is 429. The fraction of sp³-hybridized carbons (Fsp3) is 0.500. The molecule has 5 heteroatoms. The molecule has 1 saturated heterocycles. The van der Waals surface area contributed by atoms with Crippen molar-refractivity contribution >= 4 is 11.6 Å². The topological polar surface area (TPSA) is 92.0 Å². The SMILES string of the molecule is N#Cc1ccc(N2CCC(CN)CC2)nc1N. The molecular formula is C12H17N5. The molecule has 1 aliphatic rings. The lowest BCUT2D eigenvalue weighted by Gasteiger charge is -2.32. The average molecular weight is 231 g/mol. The van der Waals surface area contributed by atoms with E-state index in [1.54, 1.807) is 6.07 Å². The molecule has 1 fully saturated rings. The molecule has 0 aromatic carbocycles. The number of hydrogen-bond acceptors (Lipinski definition) is 5. The van der Waals surface area contributed by atoms with Crippen LogP contribution in [-0.2, 0) is 0 Å². The molecule has 2 rings (SSSR count). The number of hydrogen-bond donors (Lipinski definition) is 2. The van der Waals surface area contributed by atoms with Gasteiger partial charge in [0, 0.05) is 13.1 Å². The van der Waals surface area contributed by atoms with Crippen LogP contribution in [-0.4, -0.2) is 24.6 Å². The Morgan fingerprint density at radius 3 is 2.65 bits per heavy atom. The van der Waals surface area contributed by atoms with Gasteiger partial charge in [-0.05, 0) is 37.4 Å². The quantitative estimate of drug-likeness (QED) is 0.782. The second-order valence-corrected chi connectivity index (χ2v) is 4.38. The molecule has 1 aromatic heterocycles. The summed E-state index contributed by atoms with van der Waals surface area (Å²) in [6.45, 7) is 2.68. The first-order chi connectivity index (χ1) is 8.24. The number of piperidine rings is 1. The van der Waals surface area contributed by atoms with E-state index in [1.165, 1.54) is 0 Å². The van der Waals surface area contributed by atoms with Crippen molar-refractivity contribution in [2.24, 2.45) is 11.7 Å². The molecule has 5 nitrogen and oxygen atoms in total.